The van der Waals surface area contributed by atoms with E-state index in [-0.39, 0.29) is 39.0 Å². The fraction of sp³-hybridized carbons (Fsp3) is 0.950. The average molecular weight is 714 g/mol. The number of rotatable bonds is 36. The molecule has 4 nitrogen and oxygen atoms in total. The van der Waals surface area contributed by atoms with Crippen molar-refractivity contribution in [2.75, 3.05) is 0 Å². The molecule has 0 aromatic carbocycles. The number of hydrogen-bond acceptors (Lipinski definition) is 4. The van der Waals surface area contributed by atoms with Crippen LogP contribution in [0.5, 0.6) is 0 Å². The van der Waals surface area contributed by atoms with Crippen molar-refractivity contribution in [3.8, 4) is 0 Å². The zero-order chi connectivity index (χ0) is 32.6. The molecule has 0 rings (SSSR count). The maximum atomic E-state index is 10.2. The number of carbonyl (C=O) groups is 2. The van der Waals surface area contributed by atoms with Crippen molar-refractivity contribution < 1.29 is 46.0 Å². The second kappa shape index (κ2) is 45.9. The van der Waals surface area contributed by atoms with Gasteiger partial charge in [0.1, 0.15) is 0 Å². The van der Waals surface area contributed by atoms with Gasteiger partial charge in [-0.15, -0.1) is 0 Å². The third-order valence-electron chi connectivity index (χ3n) is 8.97. The number of carboxylic acid groups (broad SMARTS) is 2. The van der Waals surface area contributed by atoms with Gasteiger partial charge in [-0.2, -0.15) is 0 Å². The maximum Gasteiger partial charge on any atom is 2.00 e. The average Bonchev–Trinajstić information content (AvgIpc) is 3.00. The van der Waals surface area contributed by atoms with E-state index in [1.807, 2.05) is 0 Å². The molecule has 0 N–H and O–H groups in total. The number of carboxylic acids is 2. The molecule has 0 spiro atoms. The minimum Gasteiger partial charge on any atom is -0.550 e. The van der Waals surface area contributed by atoms with Gasteiger partial charge in [0, 0.05) is 11.9 Å². The monoisotopic (exact) mass is 712 g/mol. The minimum absolute atomic E-state index is 0. The predicted octanol–water partition coefficient (Wildman–Crippen LogP) is 11.6. The summed E-state index contributed by atoms with van der Waals surface area (Å²) in [5.41, 5.74) is 0. The number of hydrogen-bond donors (Lipinski definition) is 0. The molecule has 0 radical (unpaired) electrons. The fourth-order valence-corrected chi connectivity index (χ4v) is 5.99. The Bertz CT molecular complexity index is 506. The van der Waals surface area contributed by atoms with Crippen molar-refractivity contribution in [1.82, 2.24) is 0 Å². The van der Waals surface area contributed by atoms with Crippen LogP contribution in [-0.4, -0.2) is 11.9 Å². The molecule has 0 fully saturated rings. The van der Waals surface area contributed by atoms with Crippen molar-refractivity contribution in [2.24, 2.45) is 0 Å². The number of aliphatic carboxylic acids is 2. The largest absolute Gasteiger partial charge is 2.00 e. The molecule has 266 valence electrons. The van der Waals surface area contributed by atoms with Gasteiger partial charge in [0.2, 0.25) is 0 Å². The van der Waals surface area contributed by atoms with Crippen molar-refractivity contribution >= 4 is 11.9 Å². The van der Waals surface area contributed by atoms with Crippen LogP contribution in [0.4, 0.5) is 0 Å². The zero-order valence-corrected chi connectivity index (χ0v) is 33.0. The van der Waals surface area contributed by atoms with Crippen LogP contribution in [0.1, 0.15) is 245 Å². The molecular weight excluding hydrogens is 636 g/mol. The van der Waals surface area contributed by atoms with Crippen LogP contribution in [0.3, 0.4) is 0 Å². The molecule has 0 bridgehead atoms. The molecule has 0 amide bonds. The van der Waals surface area contributed by atoms with Crippen LogP contribution in [0.25, 0.3) is 0 Å². The molecule has 0 saturated heterocycles. The van der Waals surface area contributed by atoms with Crippen molar-refractivity contribution in [3.63, 3.8) is 0 Å². The molecule has 0 unspecified atom stereocenters. The summed E-state index contributed by atoms with van der Waals surface area (Å²) in [7, 11) is 0. The van der Waals surface area contributed by atoms with Gasteiger partial charge >= 0.3 is 26.2 Å². The zero-order valence-electron chi connectivity index (χ0n) is 30.6. The molecular formula is C40H78O4Zr. The second-order valence-corrected chi connectivity index (χ2v) is 13.6. The first kappa shape index (κ1) is 49.2. The van der Waals surface area contributed by atoms with Gasteiger partial charge < -0.3 is 19.8 Å². The van der Waals surface area contributed by atoms with E-state index in [0.717, 1.165) is 25.7 Å². The molecule has 45 heavy (non-hydrogen) atoms. The Morgan fingerprint density at radius 1 is 0.289 bits per heavy atom. The molecule has 0 aliphatic carbocycles. The molecule has 5 heteroatoms. The predicted molar refractivity (Wildman–Crippen MR) is 188 cm³/mol. The van der Waals surface area contributed by atoms with Crippen molar-refractivity contribution in [1.29, 1.82) is 0 Å². The Labute approximate surface area is 301 Å². The van der Waals surface area contributed by atoms with E-state index in [4.69, 9.17) is 0 Å². The van der Waals surface area contributed by atoms with E-state index in [0.29, 0.717) is 0 Å². The first-order chi connectivity index (χ1) is 21.5. The standard InChI is InChI=1S/2C20H40O2.Zr/c2*1-2-3-4-5-6-7-8-9-10-11-12-13-14-15-16-17-18-19-20(21)22;/h2*2-19H2,1H3,(H,21,22);/q;;+2/p-2. The first-order valence-electron chi connectivity index (χ1n) is 19.9. The van der Waals surface area contributed by atoms with Crippen LogP contribution < -0.4 is 10.2 Å². The van der Waals surface area contributed by atoms with E-state index in [2.05, 4.69) is 13.8 Å². The third kappa shape index (κ3) is 53.6. The Balaban J connectivity index is -0.000000767. The summed E-state index contributed by atoms with van der Waals surface area (Å²) in [6, 6.07) is 0. The number of carbonyl (C=O) groups excluding carboxylic acids is 2. The Kier molecular flexibility index (Phi) is 50.2. The summed E-state index contributed by atoms with van der Waals surface area (Å²) < 4.78 is 0. The molecule has 0 aliphatic heterocycles. The van der Waals surface area contributed by atoms with Gasteiger partial charge in [-0.05, 0) is 25.7 Å². The second-order valence-electron chi connectivity index (χ2n) is 13.6. The van der Waals surface area contributed by atoms with Gasteiger partial charge in [0.05, 0.1) is 0 Å². The van der Waals surface area contributed by atoms with Crippen molar-refractivity contribution in [2.45, 2.75) is 245 Å². The van der Waals surface area contributed by atoms with E-state index < -0.39 is 11.9 Å². The summed E-state index contributed by atoms with van der Waals surface area (Å²) in [5, 5.41) is 20.5. The first-order valence-corrected chi connectivity index (χ1v) is 19.9. The smallest absolute Gasteiger partial charge is 0.550 e. The van der Waals surface area contributed by atoms with Gasteiger partial charge in [-0.25, -0.2) is 0 Å². The summed E-state index contributed by atoms with van der Waals surface area (Å²) in [5.74, 6) is -1.80. The van der Waals surface area contributed by atoms with Gasteiger partial charge in [0.25, 0.3) is 0 Å². The van der Waals surface area contributed by atoms with Crippen LogP contribution in [-0.2, 0) is 35.8 Å². The summed E-state index contributed by atoms with van der Waals surface area (Å²) in [4.78, 5) is 20.5. The van der Waals surface area contributed by atoms with Crippen LogP contribution in [0.15, 0.2) is 0 Å². The van der Waals surface area contributed by atoms with Gasteiger partial charge in [-0.1, -0.05) is 219 Å². The van der Waals surface area contributed by atoms with Gasteiger partial charge in [-0.3, -0.25) is 0 Å². The molecule has 0 heterocycles. The maximum absolute atomic E-state index is 10.2. The Hall–Kier alpha value is -0.177. The van der Waals surface area contributed by atoms with Gasteiger partial charge in [0.15, 0.2) is 0 Å². The van der Waals surface area contributed by atoms with Crippen LogP contribution >= 0.6 is 0 Å². The Morgan fingerprint density at radius 3 is 0.556 bits per heavy atom. The summed E-state index contributed by atoms with van der Waals surface area (Å²) in [6.45, 7) is 4.55. The van der Waals surface area contributed by atoms with Crippen molar-refractivity contribution in [3.05, 3.63) is 0 Å². The third-order valence-corrected chi connectivity index (χ3v) is 8.97. The Morgan fingerprint density at radius 2 is 0.422 bits per heavy atom. The quantitative estimate of drug-likeness (QED) is 0.0605. The molecule has 0 aliphatic rings. The summed E-state index contributed by atoms with van der Waals surface area (Å²) >= 11 is 0. The molecule has 0 saturated carbocycles. The molecule has 0 atom stereocenters. The summed E-state index contributed by atoms with van der Waals surface area (Å²) in [6.07, 6.45) is 45.6. The number of unbranched alkanes of at least 4 members (excludes halogenated alkanes) is 32. The molecule has 0 aromatic rings. The molecule has 0 aromatic heterocycles. The van der Waals surface area contributed by atoms with E-state index in [1.165, 1.54) is 193 Å². The van der Waals surface area contributed by atoms with E-state index >= 15 is 0 Å². The van der Waals surface area contributed by atoms with E-state index in [1.54, 1.807) is 0 Å². The normalized spacial score (nSPS) is 10.7. The topological polar surface area (TPSA) is 80.3 Å². The van der Waals surface area contributed by atoms with Crippen LogP contribution in [0, 0.1) is 0 Å². The minimum atomic E-state index is -0.902. The van der Waals surface area contributed by atoms with Crippen LogP contribution in [0.2, 0.25) is 0 Å². The fourth-order valence-electron chi connectivity index (χ4n) is 5.99. The SMILES string of the molecule is CCCCCCCCCCCCCCCCCCCC(=O)[O-].CCCCCCCCCCCCCCCCCCCC(=O)[O-].[Zr+2]. The van der Waals surface area contributed by atoms with E-state index in [9.17, 15) is 19.8 Å².